The third-order valence-corrected chi connectivity index (χ3v) is 6.55. The van der Waals surface area contributed by atoms with Gasteiger partial charge in [0.1, 0.15) is 18.1 Å². The molecule has 3 aromatic rings. The van der Waals surface area contributed by atoms with Crippen LogP contribution in [-0.4, -0.2) is 18.2 Å². The molecule has 4 heteroatoms. The number of carbonyl (C=O) groups is 1. The highest BCUT2D eigenvalue weighted by Gasteiger charge is 2.33. The van der Waals surface area contributed by atoms with E-state index in [0.29, 0.717) is 12.5 Å². The molecule has 4 rings (SSSR count). The predicted octanol–water partition coefficient (Wildman–Crippen LogP) is 7.21. The quantitative estimate of drug-likeness (QED) is 0.368. The molecule has 178 valence electrons. The molecule has 1 aliphatic rings. The molecule has 0 amide bonds. The summed E-state index contributed by atoms with van der Waals surface area (Å²) in [6, 6.07) is 22.6. The van der Waals surface area contributed by atoms with Crippen molar-refractivity contribution in [3.8, 4) is 22.6 Å². The molecule has 0 bridgehead atoms. The summed E-state index contributed by atoms with van der Waals surface area (Å²) >= 11 is 0. The molecule has 0 aliphatic heterocycles. The largest absolute Gasteiger partial charge is 0.497 e. The van der Waals surface area contributed by atoms with Crippen LogP contribution in [0.5, 0.6) is 11.5 Å². The van der Waals surface area contributed by atoms with Crippen molar-refractivity contribution in [3.63, 3.8) is 0 Å². The maximum absolute atomic E-state index is 11.4. The van der Waals surface area contributed by atoms with Crippen LogP contribution in [0.3, 0.4) is 0 Å². The highest BCUT2D eigenvalue weighted by Crippen LogP contribution is 2.45. The topological polar surface area (TPSA) is 55.8 Å². The minimum atomic E-state index is -0.742. The van der Waals surface area contributed by atoms with E-state index in [-0.39, 0.29) is 17.8 Å². The zero-order valence-electron chi connectivity index (χ0n) is 20.5. The Morgan fingerprint density at radius 2 is 1.74 bits per heavy atom. The molecule has 0 saturated heterocycles. The first-order chi connectivity index (χ1) is 16.2. The summed E-state index contributed by atoms with van der Waals surface area (Å²) in [5.74, 6) is 1.43. The Morgan fingerprint density at radius 3 is 2.41 bits per heavy atom. The van der Waals surface area contributed by atoms with Gasteiger partial charge in [0, 0.05) is 0 Å². The van der Waals surface area contributed by atoms with E-state index in [0.717, 1.165) is 41.0 Å². The summed E-state index contributed by atoms with van der Waals surface area (Å²) in [4.78, 5) is 11.4. The van der Waals surface area contributed by atoms with Crippen molar-refractivity contribution in [3.05, 3.63) is 83.4 Å². The molecule has 0 heterocycles. The van der Waals surface area contributed by atoms with Crippen molar-refractivity contribution in [1.29, 1.82) is 0 Å². The van der Waals surface area contributed by atoms with Crippen LogP contribution in [0, 0.1) is 5.92 Å². The van der Waals surface area contributed by atoms with E-state index >= 15 is 0 Å². The lowest BCUT2D eigenvalue weighted by Gasteiger charge is -2.24. The summed E-state index contributed by atoms with van der Waals surface area (Å²) in [5, 5.41) is 9.33. The highest BCUT2D eigenvalue weighted by atomic mass is 16.5. The standard InChI is InChI=1S/C30H34O4/c1-30(2,3)28-15-20(11-14-26(28)22-7-5-9-24(16-22)33-4)19-34-25-10-6-8-23(17-25)27(18-29(31)32)21-12-13-21/h5-11,14-17,21,27H,12-13,18-19H2,1-4H3,(H,31,32)/t27-/m1/s1. The number of hydrogen-bond acceptors (Lipinski definition) is 3. The third kappa shape index (κ3) is 5.80. The first-order valence-corrected chi connectivity index (χ1v) is 12.0. The molecule has 1 fully saturated rings. The SMILES string of the molecule is COc1cccc(-c2ccc(COc3cccc([C@H](CC(=O)O)C4CC4)c3)cc2C(C)(C)C)c1. The van der Waals surface area contributed by atoms with Crippen molar-refractivity contribution in [2.24, 2.45) is 5.92 Å². The van der Waals surface area contributed by atoms with E-state index in [1.165, 1.54) is 11.1 Å². The van der Waals surface area contributed by atoms with Crippen molar-refractivity contribution in [2.45, 2.75) is 58.0 Å². The smallest absolute Gasteiger partial charge is 0.303 e. The molecule has 34 heavy (non-hydrogen) atoms. The number of methoxy groups -OCH3 is 1. The zero-order valence-corrected chi connectivity index (χ0v) is 20.5. The minimum Gasteiger partial charge on any atom is -0.497 e. The normalized spacial score (nSPS) is 14.5. The van der Waals surface area contributed by atoms with Crippen molar-refractivity contribution in [1.82, 2.24) is 0 Å². The zero-order chi connectivity index (χ0) is 24.3. The Morgan fingerprint density at radius 1 is 1.00 bits per heavy atom. The molecular weight excluding hydrogens is 424 g/mol. The second-order valence-corrected chi connectivity index (χ2v) is 10.3. The molecule has 1 atom stereocenters. The van der Waals surface area contributed by atoms with Gasteiger partial charge in [0.15, 0.2) is 0 Å². The van der Waals surface area contributed by atoms with E-state index in [4.69, 9.17) is 9.47 Å². The maximum Gasteiger partial charge on any atom is 0.303 e. The van der Waals surface area contributed by atoms with Gasteiger partial charge in [-0.25, -0.2) is 0 Å². The van der Waals surface area contributed by atoms with Gasteiger partial charge in [-0.2, -0.15) is 0 Å². The number of carboxylic acids is 1. The van der Waals surface area contributed by atoms with E-state index in [2.05, 4.69) is 51.1 Å². The second-order valence-electron chi connectivity index (χ2n) is 10.3. The summed E-state index contributed by atoms with van der Waals surface area (Å²) in [5.41, 5.74) is 5.71. The van der Waals surface area contributed by atoms with Crippen LogP contribution in [-0.2, 0) is 16.8 Å². The van der Waals surface area contributed by atoms with E-state index < -0.39 is 5.97 Å². The average molecular weight is 459 g/mol. The van der Waals surface area contributed by atoms with Crippen LogP contribution >= 0.6 is 0 Å². The molecule has 0 unspecified atom stereocenters. The average Bonchev–Trinajstić information content (AvgIpc) is 3.66. The second kappa shape index (κ2) is 9.92. The van der Waals surface area contributed by atoms with Gasteiger partial charge in [0.25, 0.3) is 0 Å². The Labute approximate surface area is 202 Å². The molecule has 0 radical (unpaired) electrons. The first-order valence-electron chi connectivity index (χ1n) is 12.0. The van der Waals surface area contributed by atoms with Gasteiger partial charge in [-0.3, -0.25) is 4.79 Å². The molecular formula is C30H34O4. The predicted molar refractivity (Wildman–Crippen MR) is 136 cm³/mol. The van der Waals surface area contributed by atoms with Crippen molar-refractivity contribution in [2.75, 3.05) is 7.11 Å². The van der Waals surface area contributed by atoms with Crippen LogP contribution in [0.1, 0.15) is 62.6 Å². The Balaban J connectivity index is 1.55. The number of carboxylic acid groups (broad SMARTS) is 1. The summed E-state index contributed by atoms with van der Waals surface area (Å²) in [6.07, 6.45) is 2.39. The van der Waals surface area contributed by atoms with Gasteiger partial charge in [-0.1, -0.05) is 63.2 Å². The third-order valence-electron chi connectivity index (χ3n) is 6.55. The summed E-state index contributed by atoms with van der Waals surface area (Å²) < 4.78 is 11.6. The first kappa shape index (κ1) is 23.9. The summed E-state index contributed by atoms with van der Waals surface area (Å²) in [7, 11) is 1.69. The fraction of sp³-hybridized carbons (Fsp3) is 0.367. The van der Waals surface area contributed by atoms with Crippen LogP contribution < -0.4 is 9.47 Å². The fourth-order valence-corrected chi connectivity index (χ4v) is 4.59. The van der Waals surface area contributed by atoms with E-state index in [1.807, 2.05) is 36.4 Å². The Kier molecular flexibility index (Phi) is 6.97. The molecule has 1 aliphatic carbocycles. The van der Waals surface area contributed by atoms with Gasteiger partial charge in [-0.05, 0) is 82.2 Å². The molecule has 0 spiro atoms. The fourth-order valence-electron chi connectivity index (χ4n) is 4.59. The van der Waals surface area contributed by atoms with Gasteiger partial charge >= 0.3 is 5.97 Å². The van der Waals surface area contributed by atoms with Gasteiger partial charge in [0.2, 0.25) is 0 Å². The number of hydrogen-bond donors (Lipinski definition) is 1. The summed E-state index contributed by atoms with van der Waals surface area (Å²) in [6.45, 7) is 7.12. The van der Waals surface area contributed by atoms with Crippen LogP contribution in [0.2, 0.25) is 0 Å². The molecule has 3 aromatic carbocycles. The molecule has 0 aromatic heterocycles. The van der Waals surface area contributed by atoms with Gasteiger partial charge in [-0.15, -0.1) is 0 Å². The lowest BCUT2D eigenvalue weighted by Crippen LogP contribution is -2.14. The molecule has 4 nitrogen and oxygen atoms in total. The van der Waals surface area contributed by atoms with E-state index in [9.17, 15) is 9.90 Å². The molecule has 1 saturated carbocycles. The lowest BCUT2D eigenvalue weighted by molar-refractivity contribution is -0.137. The Bertz CT molecular complexity index is 1150. The number of ether oxygens (including phenoxy) is 2. The van der Waals surface area contributed by atoms with E-state index in [1.54, 1.807) is 7.11 Å². The molecule has 1 N–H and O–H groups in total. The Hall–Kier alpha value is -3.27. The minimum absolute atomic E-state index is 0.0390. The number of aliphatic carboxylic acids is 1. The maximum atomic E-state index is 11.4. The van der Waals surface area contributed by atoms with Crippen LogP contribution in [0.4, 0.5) is 0 Å². The number of rotatable bonds is 9. The van der Waals surface area contributed by atoms with Gasteiger partial charge in [0.05, 0.1) is 13.5 Å². The van der Waals surface area contributed by atoms with Crippen LogP contribution in [0.15, 0.2) is 66.7 Å². The van der Waals surface area contributed by atoms with Crippen LogP contribution in [0.25, 0.3) is 11.1 Å². The van der Waals surface area contributed by atoms with Crippen molar-refractivity contribution >= 4 is 5.97 Å². The van der Waals surface area contributed by atoms with Crippen molar-refractivity contribution < 1.29 is 19.4 Å². The van der Waals surface area contributed by atoms with Gasteiger partial charge < -0.3 is 14.6 Å². The lowest BCUT2D eigenvalue weighted by atomic mass is 9.81. The monoisotopic (exact) mass is 458 g/mol. The number of benzene rings is 3. The highest BCUT2D eigenvalue weighted by molar-refractivity contribution is 5.70.